The van der Waals surface area contributed by atoms with E-state index in [2.05, 4.69) is 9.97 Å². The van der Waals surface area contributed by atoms with Crippen LogP contribution in [-0.2, 0) is 4.79 Å². The summed E-state index contributed by atoms with van der Waals surface area (Å²) in [6.45, 7) is 1.60. The molecule has 2 heterocycles. The molecule has 2 rings (SSSR count). The normalized spacial score (nSPS) is 15.3. The van der Waals surface area contributed by atoms with Gasteiger partial charge in [-0.1, -0.05) is 11.8 Å². The molecule has 7 heteroatoms. The first-order chi connectivity index (χ1) is 9.18. The number of rotatable bonds is 4. The molecule has 1 saturated heterocycles. The van der Waals surface area contributed by atoms with Crippen LogP contribution < -0.4 is 0 Å². The van der Waals surface area contributed by atoms with E-state index < -0.39 is 5.97 Å². The lowest BCUT2D eigenvalue weighted by molar-refractivity contribution is -0.129. The lowest BCUT2D eigenvalue weighted by atomic mass is 10.1. The van der Waals surface area contributed by atoms with Crippen LogP contribution in [0.25, 0.3) is 0 Å². The van der Waals surface area contributed by atoms with Crippen molar-refractivity contribution in [3.8, 4) is 0 Å². The fraction of sp³-hybridized carbons (Fsp3) is 0.500. The van der Waals surface area contributed by atoms with Crippen LogP contribution in [0.5, 0.6) is 0 Å². The molecule has 0 aliphatic carbocycles. The number of thioether (sulfide) groups is 1. The van der Waals surface area contributed by atoms with Gasteiger partial charge in [-0.2, -0.15) is 0 Å². The van der Waals surface area contributed by atoms with Gasteiger partial charge in [-0.15, -0.1) is 0 Å². The van der Waals surface area contributed by atoms with Crippen LogP contribution in [0.1, 0.15) is 29.6 Å². The highest BCUT2D eigenvalue weighted by Gasteiger charge is 2.18. The number of amides is 1. The first-order valence-electron chi connectivity index (χ1n) is 6.12. The fourth-order valence-corrected chi connectivity index (χ4v) is 2.80. The Kier molecular flexibility index (Phi) is 4.73. The minimum atomic E-state index is -1.08. The molecule has 1 aliphatic heterocycles. The Morgan fingerprint density at radius 1 is 1.32 bits per heavy atom. The van der Waals surface area contributed by atoms with Crippen LogP contribution in [0, 0.1) is 0 Å². The molecule has 1 fully saturated rings. The monoisotopic (exact) mass is 281 g/mol. The molecule has 1 aliphatic rings. The Balaban J connectivity index is 1.94. The van der Waals surface area contributed by atoms with E-state index in [0.717, 1.165) is 37.7 Å². The maximum absolute atomic E-state index is 12.0. The minimum Gasteiger partial charge on any atom is -0.478 e. The van der Waals surface area contributed by atoms with Crippen molar-refractivity contribution in [2.75, 3.05) is 18.8 Å². The van der Waals surface area contributed by atoms with Crippen molar-refractivity contribution in [1.82, 2.24) is 14.9 Å². The van der Waals surface area contributed by atoms with Gasteiger partial charge in [-0.05, 0) is 19.3 Å². The second-order valence-corrected chi connectivity index (χ2v) is 5.24. The SMILES string of the molecule is O=C(O)c1cncnc1SCC(=O)N1CCCCC1. The van der Waals surface area contributed by atoms with Crippen LogP contribution in [0.15, 0.2) is 17.6 Å². The third-order valence-electron chi connectivity index (χ3n) is 2.95. The predicted octanol–water partition coefficient (Wildman–Crippen LogP) is 1.28. The number of hydrogen-bond acceptors (Lipinski definition) is 5. The average molecular weight is 281 g/mol. The topological polar surface area (TPSA) is 83.4 Å². The number of carboxylic acids is 1. The van der Waals surface area contributed by atoms with E-state index in [0.29, 0.717) is 5.03 Å². The summed E-state index contributed by atoms with van der Waals surface area (Å²) >= 11 is 1.15. The number of aromatic carboxylic acids is 1. The largest absolute Gasteiger partial charge is 0.478 e. The Hall–Kier alpha value is -1.63. The zero-order valence-corrected chi connectivity index (χ0v) is 11.2. The summed E-state index contributed by atoms with van der Waals surface area (Å²) in [5.74, 6) is -0.815. The highest BCUT2D eigenvalue weighted by Crippen LogP contribution is 2.20. The molecule has 0 saturated carbocycles. The molecule has 1 aromatic rings. The summed E-state index contributed by atoms with van der Waals surface area (Å²) < 4.78 is 0. The summed E-state index contributed by atoms with van der Waals surface area (Å²) in [5.41, 5.74) is 0.0407. The summed E-state index contributed by atoms with van der Waals surface area (Å²) in [5, 5.41) is 9.33. The summed E-state index contributed by atoms with van der Waals surface area (Å²) in [6.07, 6.45) is 5.81. The lowest BCUT2D eigenvalue weighted by Crippen LogP contribution is -2.36. The van der Waals surface area contributed by atoms with Gasteiger partial charge in [-0.25, -0.2) is 14.8 Å². The molecule has 0 unspecified atom stereocenters. The van der Waals surface area contributed by atoms with Crippen LogP contribution in [0.3, 0.4) is 0 Å². The molecule has 102 valence electrons. The first-order valence-corrected chi connectivity index (χ1v) is 7.11. The van der Waals surface area contributed by atoms with E-state index in [9.17, 15) is 9.59 Å². The van der Waals surface area contributed by atoms with Crippen molar-refractivity contribution in [3.05, 3.63) is 18.1 Å². The lowest BCUT2D eigenvalue weighted by Gasteiger charge is -2.26. The van der Waals surface area contributed by atoms with Gasteiger partial charge in [0.25, 0.3) is 0 Å². The third kappa shape index (κ3) is 3.66. The number of piperidine rings is 1. The zero-order chi connectivity index (χ0) is 13.7. The number of carbonyl (C=O) groups excluding carboxylic acids is 1. The molecule has 19 heavy (non-hydrogen) atoms. The molecule has 0 bridgehead atoms. The number of nitrogens with zero attached hydrogens (tertiary/aromatic N) is 3. The number of hydrogen-bond donors (Lipinski definition) is 1. The number of carbonyl (C=O) groups is 2. The standard InChI is InChI=1S/C12H15N3O3S/c16-10(15-4-2-1-3-5-15)7-19-11-9(12(17)18)6-13-8-14-11/h6,8H,1-5,7H2,(H,17,18). The molecule has 1 aromatic heterocycles. The van der Waals surface area contributed by atoms with E-state index in [1.54, 1.807) is 0 Å². The number of aromatic nitrogens is 2. The molecule has 6 nitrogen and oxygen atoms in total. The molecule has 0 aromatic carbocycles. The summed E-state index contributed by atoms with van der Waals surface area (Å²) in [7, 11) is 0. The van der Waals surface area contributed by atoms with E-state index in [1.165, 1.54) is 18.9 Å². The van der Waals surface area contributed by atoms with Crippen LogP contribution in [0.2, 0.25) is 0 Å². The van der Waals surface area contributed by atoms with E-state index in [-0.39, 0.29) is 17.2 Å². The molecule has 0 radical (unpaired) electrons. The van der Waals surface area contributed by atoms with Crippen molar-refractivity contribution in [1.29, 1.82) is 0 Å². The fourth-order valence-electron chi connectivity index (χ4n) is 1.94. The Labute approximate surface area is 115 Å². The third-order valence-corrected chi connectivity index (χ3v) is 3.94. The average Bonchev–Trinajstić information content (AvgIpc) is 2.46. The van der Waals surface area contributed by atoms with E-state index in [1.807, 2.05) is 4.90 Å². The predicted molar refractivity (Wildman–Crippen MR) is 70.1 cm³/mol. The van der Waals surface area contributed by atoms with Gasteiger partial charge >= 0.3 is 5.97 Å². The maximum atomic E-state index is 12.0. The number of likely N-dealkylation sites (tertiary alicyclic amines) is 1. The van der Waals surface area contributed by atoms with Gasteiger partial charge in [-0.3, -0.25) is 4.79 Å². The van der Waals surface area contributed by atoms with Crippen LogP contribution in [0.4, 0.5) is 0 Å². The Morgan fingerprint density at radius 3 is 2.74 bits per heavy atom. The van der Waals surface area contributed by atoms with Gasteiger partial charge in [0.15, 0.2) is 0 Å². The van der Waals surface area contributed by atoms with Crippen molar-refractivity contribution >= 4 is 23.6 Å². The molecular formula is C12H15N3O3S. The smallest absolute Gasteiger partial charge is 0.340 e. The molecular weight excluding hydrogens is 266 g/mol. The summed E-state index contributed by atoms with van der Waals surface area (Å²) in [4.78, 5) is 32.4. The van der Waals surface area contributed by atoms with Gasteiger partial charge in [0.2, 0.25) is 5.91 Å². The van der Waals surface area contributed by atoms with Gasteiger partial charge in [0.05, 0.1) is 5.75 Å². The van der Waals surface area contributed by atoms with Crippen molar-refractivity contribution in [3.63, 3.8) is 0 Å². The molecule has 1 N–H and O–H groups in total. The summed E-state index contributed by atoms with van der Waals surface area (Å²) in [6, 6.07) is 0. The van der Waals surface area contributed by atoms with E-state index in [4.69, 9.17) is 5.11 Å². The Morgan fingerprint density at radius 2 is 2.05 bits per heavy atom. The van der Waals surface area contributed by atoms with Gasteiger partial charge in [0.1, 0.15) is 16.9 Å². The highest BCUT2D eigenvalue weighted by molar-refractivity contribution is 8.00. The van der Waals surface area contributed by atoms with Gasteiger partial charge in [0, 0.05) is 19.3 Å². The Bertz CT molecular complexity index is 475. The van der Waals surface area contributed by atoms with E-state index >= 15 is 0 Å². The molecule has 1 amide bonds. The quantitative estimate of drug-likeness (QED) is 0.661. The van der Waals surface area contributed by atoms with Crippen LogP contribution in [-0.4, -0.2) is 50.7 Å². The minimum absolute atomic E-state index is 0.0407. The van der Waals surface area contributed by atoms with Crippen molar-refractivity contribution in [2.24, 2.45) is 0 Å². The second-order valence-electron chi connectivity index (χ2n) is 4.28. The van der Waals surface area contributed by atoms with Crippen LogP contribution >= 0.6 is 11.8 Å². The maximum Gasteiger partial charge on any atom is 0.340 e. The van der Waals surface area contributed by atoms with Gasteiger partial charge < -0.3 is 10.0 Å². The number of carboxylic acid groups (broad SMARTS) is 1. The van der Waals surface area contributed by atoms with Crippen molar-refractivity contribution in [2.45, 2.75) is 24.3 Å². The van der Waals surface area contributed by atoms with Crippen molar-refractivity contribution < 1.29 is 14.7 Å². The molecule has 0 atom stereocenters. The highest BCUT2D eigenvalue weighted by atomic mass is 32.2. The molecule has 0 spiro atoms. The second kappa shape index (κ2) is 6.51. The zero-order valence-electron chi connectivity index (χ0n) is 10.4. The first kappa shape index (κ1) is 13.8.